The number of benzene rings is 1. The number of amides is 11. The van der Waals surface area contributed by atoms with Crippen molar-refractivity contribution in [3.8, 4) is 0 Å². The Morgan fingerprint density at radius 2 is 1.52 bits per heavy atom. The molecule has 10 atom stereocenters. The smallest absolute Gasteiger partial charge is 0.315 e. The molecule has 0 saturated carbocycles. The number of ether oxygens (including phenoxy) is 3. The Labute approximate surface area is 533 Å². The van der Waals surface area contributed by atoms with Crippen molar-refractivity contribution in [3.63, 3.8) is 0 Å². The molecule has 3 aromatic heterocycles. The molecular weight excluding hydrogens is 1220 g/mol. The maximum atomic E-state index is 14.7. The molecular formula is C58H83N17O16S. The number of H-pyrrole nitrogens is 2. The van der Waals surface area contributed by atoms with Gasteiger partial charge in [-0.25, -0.2) is 9.78 Å². The number of rotatable bonds is 26. The fourth-order valence-electron chi connectivity index (χ4n) is 10.6. The number of carboxylic acids is 1. The number of carbonyl (C=O) groups is 11. The van der Waals surface area contributed by atoms with E-state index in [1.54, 1.807) is 36.7 Å². The van der Waals surface area contributed by atoms with E-state index in [4.69, 9.17) is 19.9 Å². The standard InChI is InChI=1S/C58H83N17O16S/c1-33(76)50-57(87)67-40(14-15-49(80)81)54(84)69-42(24-35-27-60-32-64-35)53(83)63-28-47(78)65-39(52(59)82)11-3-2-8-17-75-29-36(73-74-75)25-43(55(85)68-41(56(86)71-50)23-34-26-62-38-10-5-4-9-37(34)38)66-48(79)30-91-22-21-90-20-19-89-18-16-61-46(77)13-7-6-12-45-51-44(31-92-45)70-58(88)72-51/h4-5,9-10,26-27,29,32-33,39-45,50-51,62,76H,2-3,6-8,11-25,28,30-31H2,1H3,(H2,59,82)(H,60,64)(H,61,77)(H,63,83)(H,65,78)(H,66,79)(H,67,87)(H,68,85)(H,69,84)(H,71,86)(H,80,81)(H2,70,72,88)/t33?,39-,40-,41-,42-,43-,44+,45?,50-,51+/m0/s1. The largest absolute Gasteiger partial charge is 0.481 e. The van der Waals surface area contributed by atoms with Crippen LogP contribution in [-0.2, 0) is 88.0 Å². The van der Waals surface area contributed by atoms with Crippen LogP contribution in [0.2, 0.25) is 0 Å². The number of carbonyl (C=O) groups excluding carboxylic acids is 10. The first kappa shape index (κ1) is 70.7. The molecule has 6 heterocycles. The molecule has 34 heteroatoms. The molecule has 2 unspecified atom stereocenters. The second-order valence-electron chi connectivity index (χ2n) is 22.6. The van der Waals surface area contributed by atoms with E-state index in [0.29, 0.717) is 60.5 Å². The van der Waals surface area contributed by atoms with Gasteiger partial charge in [-0.1, -0.05) is 42.7 Å². The van der Waals surface area contributed by atoms with Crippen molar-refractivity contribution in [3.05, 3.63) is 66.1 Å². The molecule has 7 rings (SSSR count). The molecule has 92 heavy (non-hydrogen) atoms. The number of fused-ring (bicyclic) bond motifs is 4. The number of nitrogens with two attached hydrogens (primary N) is 1. The van der Waals surface area contributed by atoms with Crippen molar-refractivity contribution < 1.29 is 77.2 Å². The molecule has 0 aliphatic carbocycles. The van der Waals surface area contributed by atoms with Crippen molar-refractivity contribution >= 4 is 87.8 Å². The fourth-order valence-corrected chi connectivity index (χ4v) is 12.1. The number of thioether (sulfide) groups is 1. The molecule has 0 radical (unpaired) electrons. The van der Waals surface area contributed by atoms with Gasteiger partial charge in [0.25, 0.3) is 0 Å². The fraction of sp³-hybridized carbons (Fsp3) is 0.586. The number of aryl methyl sites for hydroxylation is 1. The summed E-state index contributed by atoms with van der Waals surface area (Å²) in [7, 11) is 0. The summed E-state index contributed by atoms with van der Waals surface area (Å²) >= 11 is 1.84. The Kier molecular flexibility index (Phi) is 27.9. The number of aromatic amines is 2. The van der Waals surface area contributed by atoms with E-state index < -0.39 is 122 Å². The molecule has 33 nitrogen and oxygen atoms in total. The topological polar surface area (TPSA) is 477 Å². The van der Waals surface area contributed by atoms with Crippen molar-refractivity contribution in [2.24, 2.45) is 5.73 Å². The lowest BCUT2D eigenvalue weighted by atomic mass is 10.0. The van der Waals surface area contributed by atoms with Gasteiger partial charge >= 0.3 is 12.0 Å². The summed E-state index contributed by atoms with van der Waals surface area (Å²) in [4.78, 5) is 156. The number of hydrogen-bond donors (Lipinski definition) is 15. The normalized spacial score (nSPS) is 23.6. The van der Waals surface area contributed by atoms with Crippen molar-refractivity contribution in [1.82, 2.24) is 83.1 Å². The second-order valence-corrected chi connectivity index (χ2v) is 23.8. The number of primary amides is 1. The predicted molar refractivity (Wildman–Crippen MR) is 328 cm³/mol. The zero-order valence-corrected chi connectivity index (χ0v) is 51.9. The number of imidazole rings is 1. The van der Waals surface area contributed by atoms with E-state index in [2.05, 4.69) is 78.4 Å². The van der Waals surface area contributed by atoms with Crippen LogP contribution in [0.15, 0.2) is 49.2 Å². The highest BCUT2D eigenvalue weighted by Crippen LogP contribution is 2.33. The van der Waals surface area contributed by atoms with Crippen LogP contribution < -0.4 is 58.9 Å². The van der Waals surface area contributed by atoms with Crippen molar-refractivity contribution in [1.29, 1.82) is 0 Å². The van der Waals surface area contributed by atoms with Gasteiger partial charge in [0.1, 0.15) is 42.9 Å². The van der Waals surface area contributed by atoms with E-state index in [9.17, 15) is 63.0 Å². The Morgan fingerprint density at radius 1 is 0.783 bits per heavy atom. The lowest BCUT2D eigenvalue weighted by Crippen LogP contribution is -2.62. The Morgan fingerprint density at radius 3 is 2.28 bits per heavy atom. The molecule has 502 valence electrons. The molecule has 1 aromatic carbocycles. The van der Waals surface area contributed by atoms with Crippen LogP contribution in [-0.4, -0.2) is 223 Å². The molecule has 3 aliphatic rings. The number of urea groups is 1. The minimum atomic E-state index is -1.86. The molecule has 2 fully saturated rings. The number of carboxylic acid groups (broad SMARTS) is 1. The van der Waals surface area contributed by atoms with Gasteiger partial charge in [0.2, 0.25) is 53.2 Å². The lowest BCUT2D eigenvalue weighted by molar-refractivity contribution is -0.139. The lowest BCUT2D eigenvalue weighted by Gasteiger charge is -2.28. The first-order valence-corrected chi connectivity index (χ1v) is 31.7. The average molecular weight is 1310 g/mol. The van der Waals surface area contributed by atoms with Crippen LogP contribution >= 0.6 is 11.8 Å². The van der Waals surface area contributed by atoms with Crippen LogP contribution in [0.5, 0.6) is 0 Å². The number of aliphatic hydroxyl groups excluding tert-OH is 1. The van der Waals surface area contributed by atoms with E-state index in [-0.39, 0.29) is 94.1 Å². The van der Waals surface area contributed by atoms with Gasteiger partial charge in [0, 0.05) is 85.7 Å². The van der Waals surface area contributed by atoms with E-state index in [0.717, 1.165) is 25.0 Å². The average Bonchev–Trinajstić information content (AvgIpc) is 1.74. The third-order valence-electron chi connectivity index (χ3n) is 15.4. The first-order chi connectivity index (χ1) is 44.3. The summed E-state index contributed by atoms with van der Waals surface area (Å²) in [6.45, 7) is 1.34. The molecule has 16 N–H and O–H groups in total. The molecule has 0 spiro atoms. The highest BCUT2D eigenvalue weighted by molar-refractivity contribution is 8.00. The molecule has 4 aromatic rings. The van der Waals surface area contributed by atoms with Crippen LogP contribution in [0.3, 0.4) is 0 Å². The first-order valence-electron chi connectivity index (χ1n) is 30.7. The van der Waals surface area contributed by atoms with Gasteiger partial charge in [0.05, 0.1) is 75.5 Å². The highest BCUT2D eigenvalue weighted by atomic mass is 32.2. The second kappa shape index (κ2) is 36.3. The van der Waals surface area contributed by atoms with E-state index in [1.165, 1.54) is 24.1 Å². The van der Waals surface area contributed by atoms with Gasteiger partial charge in [-0.05, 0) is 50.7 Å². The number of nitrogens with zero attached hydrogens (tertiary/aromatic N) is 4. The van der Waals surface area contributed by atoms with Crippen molar-refractivity contribution in [2.75, 3.05) is 58.5 Å². The Balaban J connectivity index is 0.996. The van der Waals surface area contributed by atoms with Gasteiger partial charge in [-0.2, -0.15) is 11.8 Å². The third-order valence-corrected chi connectivity index (χ3v) is 16.9. The van der Waals surface area contributed by atoms with Gasteiger partial charge in [0.15, 0.2) is 0 Å². The number of aromatic nitrogens is 6. The maximum absolute atomic E-state index is 14.7. The summed E-state index contributed by atoms with van der Waals surface area (Å²) in [5.74, 6) is -7.93. The van der Waals surface area contributed by atoms with Crippen LogP contribution in [0, 0.1) is 0 Å². The summed E-state index contributed by atoms with van der Waals surface area (Å²) in [5.41, 5.74) is 7.40. The van der Waals surface area contributed by atoms with Crippen LogP contribution in [0.1, 0.15) is 88.1 Å². The Hall–Kier alpha value is -8.73. The monoisotopic (exact) mass is 1310 g/mol. The number of aliphatic carboxylic acids is 1. The quantitative estimate of drug-likeness (QED) is 0.0217. The molecule has 11 amide bonds. The molecule has 2 saturated heterocycles. The van der Waals surface area contributed by atoms with Gasteiger partial charge in [-0.3, -0.25) is 52.6 Å². The van der Waals surface area contributed by atoms with Crippen molar-refractivity contribution in [2.45, 2.75) is 157 Å². The van der Waals surface area contributed by atoms with Crippen LogP contribution in [0.25, 0.3) is 10.9 Å². The summed E-state index contributed by atoms with van der Waals surface area (Å²) in [6, 6.07) is -1.85. The highest BCUT2D eigenvalue weighted by Gasteiger charge is 2.43. The third kappa shape index (κ3) is 22.9. The number of nitrogens with one attached hydrogen (secondary N) is 12. The minimum absolute atomic E-state index is 0.0297. The zero-order chi connectivity index (χ0) is 65.9. The summed E-state index contributed by atoms with van der Waals surface area (Å²) in [5, 5.41) is 56.6. The summed E-state index contributed by atoms with van der Waals surface area (Å²) in [6.07, 6.45) is 6.78. The van der Waals surface area contributed by atoms with Gasteiger partial charge < -0.3 is 93.3 Å². The predicted octanol–water partition coefficient (Wildman–Crippen LogP) is -3.27. The number of unbranched alkanes of at least 4 members (excludes halogenated alkanes) is 1. The van der Waals surface area contributed by atoms with Crippen LogP contribution in [0.4, 0.5) is 4.79 Å². The number of aliphatic hydroxyl groups is 1. The molecule has 3 aliphatic heterocycles. The Bertz CT molecular complexity index is 3150. The molecule has 2 bridgehead atoms. The minimum Gasteiger partial charge on any atom is -0.481 e. The summed E-state index contributed by atoms with van der Waals surface area (Å²) < 4.78 is 18.3. The maximum Gasteiger partial charge on any atom is 0.315 e. The van der Waals surface area contributed by atoms with E-state index >= 15 is 0 Å². The number of para-hydroxylation sites is 1. The van der Waals surface area contributed by atoms with Gasteiger partial charge in [-0.15, -0.1) is 5.10 Å². The number of hydrogen-bond acceptors (Lipinski definition) is 19. The van der Waals surface area contributed by atoms with E-state index in [1.807, 2.05) is 11.8 Å². The zero-order valence-electron chi connectivity index (χ0n) is 51.0. The SMILES string of the molecule is CC(O)[C@@H]1NC(=O)[C@H](Cc2c[nH]c3ccccc23)NC(=O)[C@@H](NC(=O)COCCOCCOCCNC(=O)CCCCC2SC[C@H]3NC(=O)N[C@@H]23)Cc2cn(nn2)CCCCC[C@@H](C(N)=O)NC(=O)CNC(=O)[C@H](Cc2c[nH]cn2)NC(=O)[C@H](CCC(=O)O)NC1=O.